The molecule has 0 aromatic heterocycles. The lowest BCUT2D eigenvalue weighted by atomic mass is 10.2. The molecule has 2 amide bonds. The van der Waals surface area contributed by atoms with E-state index < -0.39 is 9.84 Å². The van der Waals surface area contributed by atoms with Crippen LogP contribution < -0.4 is 9.80 Å². The zero-order valence-corrected chi connectivity index (χ0v) is 20.4. The van der Waals surface area contributed by atoms with Gasteiger partial charge in [0.1, 0.15) is 0 Å². The Kier molecular flexibility index (Phi) is 6.57. The van der Waals surface area contributed by atoms with Gasteiger partial charge >= 0.3 is 0 Å². The van der Waals surface area contributed by atoms with Crippen LogP contribution in [0.4, 0.5) is 11.4 Å². The highest BCUT2D eigenvalue weighted by molar-refractivity contribution is 9.10. The zero-order valence-electron chi connectivity index (χ0n) is 18.0. The van der Waals surface area contributed by atoms with Crippen molar-refractivity contribution in [2.75, 3.05) is 48.3 Å². The number of piperazine rings is 1. The number of hydrogen-bond acceptors (Lipinski definition) is 5. The number of carbonyl (C=O) groups is 2. The molecule has 2 aliphatic heterocycles. The van der Waals surface area contributed by atoms with Gasteiger partial charge in [0, 0.05) is 56.2 Å². The zero-order chi connectivity index (χ0) is 22.9. The Labute approximate surface area is 197 Å². The molecule has 9 heteroatoms. The van der Waals surface area contributed by atoms with Crippen LogP contribution in [0.1, 0.15) is 18.9 Å². The fraction of sp³-hybridized carbons (Fsp3) is 0.391. The Hall–Kier alpha value is -2.39. The van der Waals surface area contributed by atoms with Gasteiger partial charge in [0.05, 0.1) is 16.3 Å². The van der Waals surface area contributed by atoms with Gasteiger partial charge in [-0.15, -0.1) is 0 Å². The van der Waals surface area contributed by atoms with E-state index in [1.165, 1.54) is 11.8 Å². The van der Waals surface area contributed by atoms with E-state index in [0.717, 1.165) is 24.3 Å². The molecular formula is C23H26BrN3O4S. The van der Waals surface area contributed by atoms with E-state index in [1.54, 1.807) is 11.0 Å². The molecule has 0 spiro atoms. The number of hydrogen-bond donors (Lipinski definition) is 0. The number of carbonyl (C=O) groups excluding carboxylic acids is 2. The van der Waals surface area contributed by atoms with Crippen LogP contribution in [0.3, 0.4) is 0 Å². The van der Waals surface area contributed by atoms with Gasteiger partial charge in [0.15, 0.2) is 9.84 Å². The maximum absolute atomic E-state index is 13.2. The van der Waals surface area contributed by atoms with Crippen molar-refractivity contribution >= 4 is 49.0 Å². The Bertz CT molecular complexity index is 1130. The highest BCUT2D eigenvalue weighted by Gasteiger charge is 2.32. The Balaban J connectivity index is 1.42. The van der Waals surface area contributed by atoms with Crippen molar-refractivity contribution in [1.29, 1.82) is 0 Å². The monoisotopic (exact) mass is 519 g/mol. The number of fused-ring (bicyclic) bond motifs is 1. The van der Waals surface area contributed by atoms with Crippen molar-refractivity contribution in [3.63, 3.8) is 0 Å². The van der Waals surface area contributed by atoms with E-state index in [2.05, 4.69) is 20.8 Å². The van der Waals surface area contributed by atoms with Crippen LogP contribution in [-0.4, -0.2) is 63.6 Å². The van der Waals surface area contributed by atoms with E-state index in [0.29, 0.717) is 36.2 Å². The van der Waals surface area contributed by atoms with Crippen LogP contribution in [0.15, 0.2) is 51.8 Å². The van der Waals surface area contributed by atoms with Gasteiger partial charge in [-0.3, -0.25) is 9.59 Å². The second-order valence-electron chi connectivity index (χ2n) is 8.10. The van der Waals surface area contributed by atoms with Gasteiger partial charge in [-0.05, 0) is 36.2 Å². The van der Waals surface area contributed by atoms with Crippen molar-refractivity contribution in [3.05, 3.63) is 52.5 Å². The van der Waals surface area contributed by atoms with E-state index >= 15 is 0 Å². The molecule has 0 saturated carbocycles. The molecule has 0 aliphatic carbocycles. The molecule has 4 rings (SSSR count). The SMILES string of the molecule is CC(=O)N1CCc2cc(Br)cc(S(=O)(=O)CCC(=O)N3CCN(c4ccccc4)CC3)c21. The minimum atomic E-state index is -3.74. The van der Waals surface area contributed by atoms with Crippen molar-refractivity contribution in [1.82, 2.24) is 4.90 Å². The molecule has 2 aromatic carbocycles. The van der Waals surface area contributed by atoms with Crippen molar-refractivity contribution in [2.24, 2.45) is 0 Å². The highest BCUT2D eigenvalue weighted by atomic mass is 79.9. The first-order valence-corrected chi connectivity index (χ1v) is 13.1. The molecule has 0 atom stereocenters. The Morgan fingerprint density at radius 2 is 1.69 bits per heavy atom. The summed E-state index contributed by atoms with van der Waals surface area (Å²) >= 11 is 3.38. The first-order valence-electron chi connectivity index (χ1n) is 10.7. The van der Waals surface area contributed by atoms with E-state index in [-0.39, 0.29) is 28.9 Å². The van der Waals surface area contributed by atoms with Gasteiger partial charge in [-0.1, -0.05) is 34.1 Å². The summed E-state index contributed by atoms with van der Waals surface area (Å²) in [6.45, 7) is 4.47. The number of amides is 2. The smallest absolute Gasteiger partial charge is 0.223 e. The molecular weight excluding hydrogens is 494 g/mol. The summed E-state index contributed by atoms with van der Waals surface area (Å²) in [7, 11) is -3.74. The molecule has 0 N–H and O–H groups in total. The third-order valence-corrected chi connectivity index (χ3v) is 8.23. The molecule has 32 heavy (non-hydrogen) atoms. The van der Waals surface area contributed by atoms with Crippen molar-refractivity contribution in [2.45, 2.75) is 24.7 Å². The second-order valence-corrected chi connectivity index (χ2v) is 11.1. The minimum absolute atomic E-state index is 0.0744. The number of halogens is 1. The molecule has 0 radical (unpaired) electrons. The van der Waals surface area contributed by atoms with Gasteiger partial charge in [-0.25, -0.2) is 8.42 Å². The number of anilines is 2. The second kappa shape index (κ2) is 9.23. The fourth-order valence-corrected chi connectivity index (χ4v) is 6.53. The third kappa shape index (κ3) is 4.68. The van der Waals surface area contributed by atoms with Crippen LogP contribution in [0.25, 0.3) is 0 Å². The van der Waals surface area contributed by atoms with Crippen LogP contribution in [0.2, 0.25) is 0 Å². The van der Waals surface area contributed by atoms with Gasteiger partial charge in [0.2, 0.25) is 11.8 Å². The predicted molar refractivity (Wildman–Crippen MR) is 128 cm³/mol. The summed E-state index contributed by atoms with van der Waals surface area (Å²) in [4.78, 5) is 30.4. The highest BCUT2D eigenvalue weighted by Crippen LogP contribution is 2.38. The lowest BCUT2D eigenvalue weighted by molar-refractivity contribution is -0.131. The van der Waals surface area contributed by atoms with E-state index in [1.807, 2.05) is 36.4 Å². The summed E-state index contributed by atoms with van der Waals surface area (Å²) in [6, 6.07) is 13.4. The number of para-hydroxylation sites is 1. The molecule has 7 nitrogen and oxygen atoms in total. The van der Waals surface area contributed by atoms with Crippen molar-refractivity contribution < 1.29 is 18.0 Å². The number of sulfone groups is 1. The minimum Gasteiger partial charge on any atom is -0.368 e. The quantitative estimate of drug-likeness (QED) is 0.606. The molecule has 0 bridgehead atoms. The molecule has 2 aromatic rings. The summed E-state index contributed by atoms with van der Waals surface area (Å²) in [5.74, 6) is -0.620. The van der Waals surface area contributed by atoms with Gasteiger partial charge < -0.3 is 14.7 Å². The summed E-state index contributed by atoms with van der Waals surface area (Å²) in [6.07, 6.45) is 0.538. The predicted octanol–water partition coefficient (Wildman–Crippen LogP) is 2.87. The van der Waals surface area contributed by atoms with Crippen LogP contribution in [-0.2, 0) is 25.8 Å². The van der Waals surface area contributed by atoms with Crippen LogP contribution >= 0.6 is 15.9 Å². The molecule has 1 saturated heterocycles. The largest absolute Gasteiger partial charge is 0.368 e. The Morgan fingerprint density at radius 3 is 2.34 bits per heavy atom. The average Bonchev–Trinajstić information content (AvgIpc) is 3.21. The summed E-state index contributed by atoms with van der Waals surface area (Å²) in [5.41, 5.74) is 2.42. The van der Waals surface area contributed by atoms with E-state index in [4.69, 9.17) is 0 Å². The van der Waals surface area contributed by atoms with Gasteiger partial charge in [0.25, 0.3) is 0 Å². The van der Waals surface area contributed by atoms with Gasteiger partial charge in [-0.2, -0.15) is 0 Å². The normalized spacial score (nSPS) is 16.2. The molecule has 1 fully saturated rings. The average molecular weight is 520 g/mol. The number of nitrogens with zero attached hydrogens (tertiary/aromatic N) is 3. The molecule has 2 heterocycles. The maximum atomic E-state index is 13.2. The van der Waals surface area contributed by atoms with Crippen LogP contribution in [0.5, 0.6) is 0 Å². The lowest BCUT2D eigenvalue weighted by Crippen LogP contribution is -2.49. The van der Waals surface area contributed by atoms with Crippen LogP contribution in [0, 0.1) is 0 Å². The standard InChI is InChI=1S/C23H26BrN3O4S/c1-17(28)27-9-7-18-15-19(24)16-21(23(18)27)32(30,31)14-8-22(29)26-12-10-25(11-13-26)20-5-3-2-4-6-20/h2-6,15-16H,7-14H2,1H3. The topological polar surface area (TPSA) is 78.0 Å². The van der Waals surface area contributed by atoms with Crippen molar-refractivity contribution in [3.8, 4) is 0 Å². The number of rotatable bonds is 5. The first kappa shape index (κ1) is 22.8. The lowest BCUT2D eigenvalue weighted by Gasteiger charge is -2.36. The number of benzene rings is 2. The Morgan fingerprint density at radius 1 is 1.00 bits per heavy atom. The van der Waals surface area contributed by atoms with E-state index in [9.17, 15) is 18.0 Å². The molecule has 0 unspecified atom stereocenters. The fourth-order valence-electron chi connectivity index (χ4n) is 4.36. The third-order valence-electron chi connectivity index (χ3n) is 6.05. The molecule has 2 aliphatic rings. The maximum Gasteiger partial charge on any atom is 0.223 e. The summed E-state index contributed by atoms with van der Waals surface area (Å²) < 4.78 is 27.1. The first-order chi connectivity index (χ1) is 15.3. The summed E-state index contributed by atoms with van der Waals surface area (Å²) in [5, 5.41) is 0. The molecule has 170 valence electrons.